The number of hydrogen-bond acceptors (Lipinski definition) is 0. The summed E-state index contributed by atoms with van der Waals surface area (Å²) in [6.07, 6.45) is 3.41. The molecule has 13 heavy (non-hydrogen) atoms. The van der Waals surface area contributed by atoms with Crippen LogP contribution in [0.3, 0.4) is 0 Å². The molecular formula is C10H12Cl2Zr. The fourth-order valence-electron chi connectivity index (χ4n) is 1.45. The molecule has 0 aromatic heterocycles. The van der Waals surface area contributed by atoms with Crippen molar-refractivity contribution in [2.75, 3.05) is 0 Å². The van der Waals surface area contributed by atoms with E-state index in [9.17, 15) is 0 Å². The van der Waals surface area contributed by atoms with Crippen molar-refractivity contribution in [3.63, 3.8) is 0 Å². The van der Waals surface area contributed by atoms with Gasteiger partial charge in [-0.25, -0.2) is 0 Å². The zero-order valence-electron chi connectivity index (χ0n) is 7.41. The summed E-state index contributed by atoms with van der Waals surface area (Å²) in [5, 5.41) is 0. The van der Waals surface area contributed by atoms with Crippen LogP contribution in [-0.2, 0) is 32.6 Å². The Kier molecular flexibility index (Phi) is 8.32. The second-order valence-electron chi connectivity index (χ2n) is 2.87. The smallest absolute Gasteiger partial charge is 0 e. The van der Waals surface area contributed by atoms with Gasteiger partial charge in [-0.05, 0) is 24.5 Å². The molecule has 0 fully saturated rings. The molecule has 0 unspecified atom stereocenters. The predicted octanol–water partition coefficient (Wildman–Crippen LogP) is 3.49. The first-order valence-electron chi connectivity index (χ1n) is 3.61. The number of hydrogen-bond donors (Lipinski definition) is 0. The Morgan fingerprint density at radius 3 is 2.31 bits per heavy atom. The van der Waals surface area contributed by atoms with Crippen molar-refractivity contribution in [3.8, 4) is 0 Å². The van der Waals surface area contributed by atoms with E-state index in [-0.39, 0.29) is 51.0 Å². The van der Waals surface area contributed by atoms with E-state index in [1.165, 1.54) is 16.7 Å². The fourth-order valence-corrected chi connectivity index (χ4v) is 1.45. The van der Waals surface area contributed by atoms with Crippen LogP contribution in [0.5, 0.6) is 0 Å². The van der Waals surface area contributed by atoms with Crippen LogP contribution < -0.4 is 0 Å². The fraction of sp³-hybridized carbons (Fsp3) is 0.200. The minimum absolute atomic E-state index is 0. The quantitative estimate of drug-likeness (QED) is 0.687. The number of benzene rings is 1. The third-order valence-electron chi connectivity index (χ3n) is 1.93. The Morgan fingerprint density at radius 1 is 1.08 bits per heavy atom. The molecule has 70 valence electrons. The van der Waals surface area contributed by atoms with Gasteiger partial charge in [-0.3, -0.25) is 0 Å². The summed E-state index contributed by atoms with van der Waals surface area (Å²) in [5.41, 5.74) is 4.35. The average Bonchev–Trinajstić information content (AvgIpc) is 2.27. The van der Waals surface area contributed by atoms with Crippen molar-refractivity contribution >= 4 is 30.9 Å². The van der Waals surface area contributed by atoms with E-state index >= 15 is 0 Å². The normalized spacial score (nSPS) is 11.3. The molecule has 0 saturated heterocycles. The summed E-state index contributed by atoms with van der Waals surface area (Å²) in [4.78, 5) is 0. The third kappa shape index (κ3) is 3.58. The largest absolute Gasteiger partial charge is 0.147 e. The Bertz CT molecular complexity index is 295. The molecule has 0 aliphatic heterocycles. The van der Waals surface area contributed by atoms with Crippen LogP contribution in [0.25, 0.3) is 6.08 Å². The summed E-state index contributed by atoms with van der Waals surface area (Å²) in [6, 6.07) is 8.56. The second kappa shape index (κ2) is 6.81. The molecular weight excluding hydrogens is 282 g/mol. The van der Waals surface area contributed by atoms with E-state index in [4.69, 9.17) is 0 Å². The maximum Gasteiger partial charge on any atom is 0 e. The third-order valence-corrected chi connectivity index (χ3v) is 1.93. The van der Waals surface area contributed by atoms with Crippen molar-refractivity contribution in [1.82, 2.24) is 0 Å². The first-order chi connectivity index (χ1) is 4.86. The summed E-state index contributed by atoms with van der Waals surface area (Å²) < 4.78 is 0. The molecule has 3 heteroatoms. The summed E-state index contributed by atoms with van der Waals surface area (Å²) in [7, 11) is 0. The number of rotatable bonds is 0. The van der Waals surface area contributed by atoms with E-state index in [0.29, 0.717) is 0 Å². The van der Waals surface area contributed by atoms with Gasteiger partial charge >= 0.3 is 0 Å². The van der Waals surface area contributed by atoms with Gasteiger partial charge in [0.05, 0.1) is 0 Å². The SMILES string of the molecule is CC1=Cc2ccccc2C1.Cl.Cl.[Zr]. The van der Waals surface area contributed by atoms with Crippen LogP contribution in [0.4, 0.5) is 0 Å². The van der Waals surface area contributed by atoms with E-state index in [1.807, 2.05) is 0 Å². The molecule has 0 N–H and O–H groups in total. The van der Waals surface area contributed by atoms with Crippen LogP contribution >= 0.6 is 24.8 Å². The minimum atomic E-state index is 0. The Labute approximate surface area is 111 Å². The summed E-state index contributed by atoms with van der Waals surface area (Å²) in [6.45, 7) is 2.18. The monoisotopic (exact) mass is 292 g/mol. The Balaban J connectivity index is 0. The molecule has 1 aromatic carbocycles. The van der Waals surface area contributed by atoms with Crippen molar-refractivity contribution in [2.45, 2.75) is 13.3 Å². The predicted molar refractivity (Wildman–Crippen MR) is 58.3 cm³/mol. The average molecular weight is 294 g/mol. The van der Waals surface area contributed by atoms with Gasteiger partial charge < -0.3 is 0 Å². The Hall–Kier alpha value is 0.423. The van der Waals surface area contributed by atoms with Gasteiger partial charge in [-0.1, -0.05) is 35.9 Å². The maximum atomic E-state index is 2.26. The van der Waals surface area contributed by atoms with Crippen LogP contribution in [-0.4, -0.2) is 0 Å². The maximum absolute atomic E-state index is 2.26. The van der Waals surface area contributed by atoms with E-state index in [1.54, 1.807) is 0 Å². The molecule has 0 bridgehead atoms. The molecule has 2 rings (SSSR count). The molecule has 0 amide bonds. The van der Waals surface area contributed by atoms with Gasteiger partial charge in [0.2, 0.25) is 0 Å². The van der Waals surface area contributed by atoms with Gasteiger partial charge in [-0.2, -0.15) is 0 Å². The van der Waals surface area contributed by atoms with E-state index < -0.39 is 0 Å². The van der Waals surface area contributed by atoms with Gasteiger partial charge in [-0.15, -0.1) is 24.8 Å². The molecule has 1 aliphatic rings. The molecule has 0 spiro atoms. The molecule has 0 radical (unpaired) electrons. The molecule has 1 aliphatic carbocycles. The second-order valence-corrected chi connectivity index (χ2v) is 2.87. The zero-order valence-corrected chi connectivity index (χ0v) is 11.5. The van der Waals surface area contributed by atoms with Crippen molar-refractivity contribution in [3.05, 3.63) is 41.0 Å². The molecule has 0 saturated carbocycles. The first kappa shape index (κ1) is 15.9. The summed E-state index contributed by atoms with van der Waals surface area (Å²) in [5.74, 6) is 0. The number of allylic oxidation sites excluding steroid dienone is 1. The van der Waals surface area contributed by atoms with Gasteiger partial charge in [0, 0.05) is 26.2 Å². The topological polar surface area (TPSA) is 0 Å². The zero-order chi connectivity index (χ0) is 6.97. The summed E-state index contributed by atoms with van der Waals surface area (Å²) >= 11 is 0. The van der Waals surface area contributed by atoms with Crippen LogP contribution in [0.2, 0.25) is 0 Å². The molecule has 0 heterocycles. The van der Waals surface area contributed by atoms with Crippen LogP contribution in [0.15, 0.2) is 29.8 Å². The van der Waals surface area contributed by atoms with E-state index in [0.717, 1.165) is 6.42 Å². The molecule has 0 nitrogen and oxygen atoms in total. The molecule has 1 aromatic rings. The number of halogens is 2. The molecule has 0 atom stereocenters. The van der Waals surface area contributed by atoms with Crippen molar-refractivity contribution in [2.24, 2.45) is 0 Å². The van der Waals surface area contributed by atoms with Crippen molar-refractivity contribution < 1.29 is 26.2 Å². The van der Waals surface area contributed by atoms with Gasteiger partial charge in [0.1, 0.15) is 0 Å². The van der Waals surface area contributed by atoms with Crippen molar-refractivity contribution in [1.29, 1.82) is 0 Å². The minimum Gasteiger partial charge on any atom is -0.147 e. The Morgan fingerprint density at radius 2 is 1.69 bits per heavy atom. The van der Waals surface area contributed by atoms with Gasteiger partial charge in [0.15, 0.2) is 0 Å². The first-order valence-corrected chi connectivity index (χ1v) is 3.61. The van der Waals surface area contributed by atoms with Crippen LogP contribution in [0.1, 0.15) is 18.1 Å². The number of fused-ring (bicyclic) bond motifs is 1. The van der Waals surface area contributed by atoms with Gasteiger partial charge in [0.25, 0.3) is 0 Å². The van der Waals surface area contributed by atoms with E-state index in [2.05, 4.69) is 37.3 Å². The van der Waals surface area contributed by atoms with Crippen LogP contribution in [0, 0.1) is 0 Å². The standard InChI is InChI=1S/C10H10.2ClH.Zr/c1-8-6-9-4-2-3-5-10(9)7-8;;;/h2-6H,7H2,1H3;2*1H;.